The Morgan fingerprint density at radius 3 is 2.54 bits per heavy atom. The van der Waals surface area contributed by atoms with Gasteiger partial charge in [0.25, 0.3) is 0 Å². The van der Waals surface area contributed by atoms with Gasteiger partial charge < -0.3 is 15.2 Å². The number of anilines is 1. The van der Waals surface area contributed by atoms with E-state index in [4.69, 9.17) is 20.6 Å². The number of rotatable bonds is 2. The number of methoxy groups -OCH3 is 1. The molecule has 5 nitrogen and oxygen atoms in total. The SMILES string of the molecule is COc1ccc(C2c3ccc4c(N)cccc4c3OC(=N)C2C#N)cc1. The van der Waals surface area contributed by atoms with Gasteiger partial charge in [-0.1, -0.05) is 36.4 Å². The van der Waals surface area contributed by atoms with Gasteiger partial charge in [-0.25, -0.2) is 0 Å². The van der Waals surface area contributed by atoms with Crippen LogP contribution in [-0.2, 0) is 0 Å². The van der Waals surface area contributed by atoms with Crippen LogP contribution >= 0.6 is 0 Å². The van der Waals surface area contributed by atoms with Crippen LogP contribution in [0.5, 0.6) is 11.5 Å². The highest BCUT2D eigenvalue weighted by atomic mass is 16.5. The number of ether oxygens (including phenoxy) is 2. The molecule has 128 valence electrons. The van der Waals surface area contributed by atoms with Crippen LogP contribution in [0.25, 0.3) is 10.8 Å². The van der Waals surface area contributed by atoms with Crippen molar-refractivity contribution >= 4 is 22.4 Å². The summed E-state index contributed by atoms with van der Waals surface area (Å²) in [5.41, 5.74) is 8.56. The third-order valence-corrected chi connectivity index (χ3v) is 4.85. The molecule has 0 spiro atoms. The lowest BCUT2D eigenvalue weighted by Gasteiger charge is -2.31. The van der Waals surface area contributed by atoms with Crippen LogP contribution in [0.1, 0.15) is 17.0 Å². The molecule has 1 aliphatic rings. The van der Waals surface area contributed by atoms with Crippen LogP contribution in [0.4, 0.5) is 5.69 Å². The third kappa shape index (κ3) is 2.35. The number of hydrogen-bond donors (Lipinski definition) is 2. The summed E-state index contributed by atoms with van der Waals surface area (Å²) in [6.45, 7) is 0. The maximum absolute atomic E-state index is 9.66. The second kappa shape index (κ2) is 6.08. The molecule has 2 unspecified atom stereocenters. The highest BCUT2D eigenvalue weighted by molar-refractivity contribution is 6.00. The van der Waals surface area contributed by atoms with Gasteiger partial charge in [-0.15, -0.1) is 0 Å². The molecule has 0 saturated carbocycles. The molecular formula is C21H17N3O2. The van der Waals surface area contributed by atoms with Crippen molar-refractivity contribution in [2.75, 3.05) is 12.8 Å². The minimum Gasteiger partial charge on any atom is -0.497 e. The average molecular weight is 343 g/mol. The van der Waals surface area contributed by atoms with E-state index in [1.165, 1.54) is 0 Å². The molecule has 0 aromatic heterocycles. The lowest BCUT2D eigenvalue weighted by Crippen LogP contribution is -2.31. The van der Waals surface area contributed by atoms with E-state index in [-0.39, 0.29) is 11.8 Å². The molecule has 3 N–H and O–H groups in total. The Bertz CT molecular complexity index is 1050. The number of nitrogens with zero attached hydrogens (tertiary/aromatic N) is 1. The van der Waals surface area contributed by atoms with Crippen LogP contribution in [0.15, 0.2) is 54.6 Å². The molecular weight excluding hydrogens is 326 g/mol. The third-order valence-electron chi connectivity index (χ3n) is 4.85. The Hall–Kier alpha value is -3.52. The maximum Gasteiger partial charge on any atom is 0.205 e. The molecule has 4 rings (SSSR count). The van der Waals surface area contributed by atoms with E-state index in [9.17, 15) is 5.26 Å². The molecule has 2 atom stereocenters. The van der Waals surface area contributed by atoms with E-state index in [0.717, 1.165) is 27.6 Å². The molecule has 0 aliphatic carbocycles. The predicted molar refractivity (Wildman–Crippen MR) is 101 cm³/mol. The van der Waals surface area contributed by atoms with Crippen LogP contribution < -0.4 is 15.2 Å². The van der Waals surface area contributed by atoms with Gasteiger partial charge in [0, 0.05) is 27.9 Å². The van der Waals surface area contributed by atoms with Crippen molar-refractivity contribution in [3.63, 3.8) is 0 Å². The fourth-order valence-corrected chi connectivity index (χ4v) is 3.55. The van der Waals surface area contributed by atoms with Crippen molar-refractivity contribution in [2.45, 2.75) is 5.92 Å². The minimum absolute atomic E-state index is 0.0456. The quantitative estimate of drug-likeness (QED) is 0.686. The topological polar surface area (TPSA) is 92.1 Å². The maximum atomic E-state index is 9.66. The van der Waals surface area contributed by atoms with Crippen molar-refractivity contribution in [1.29, 1.82) is 10.7 Å². The van der Waals surface area contributed by atoms with Crippen molar-refractivity contribution in [1.82, 2.24) is 0 Å². The smallest absolute Gasteiger partial charge is 0.205 e. The summed E-state index contributed by atoms with van der Waals surface area (Å²) >= 11 is 0. The second-order valence-electron chi connectivity index (χ2n) is 6.25. The number of hydrogen-bond acceptors (Lipinski definition) is 5. The molecule has 1 heterocycles. The van der Waals surface area contributed by atoms with Gasteiger partial charge in [-0.3, -0.25) is 5.41 Å². The monoisotopic (exact) mass is 343 g/mol. The molecule has 0 bridgehead atoms. The average Bonchev–Trinajstić information content (AvgIpc) is 2.67. The Balaban J connectivity index is 1.96. The zero-order valence-corrected chi connectivity index (χ0v) is 14.2. The molecule has 0 fully saturated rings. The van der Waals surface area contributed by atoms with E-state index >= 15 is 0 Å². The highest BCUT2D eigenvalue weighted by Gasteiger charge is 2.37. The fraction of sp³-hybridized carbons (Fsp3) is 0.143. The van der Waals surface area contributed by atoms with Crippen LogP contribution in [0.3, 0.4) is 0 Å². The molecule has 3 aromatic rings. The molecule has 1 aliphatic heterocycles. The Kier molecular flexibility index (Phi) is 3.74. The first-order valence-corrected chi connectivity index (χ1v) is 8.25. The summed E-state index contributed by atoms with van der Waals surface area (Å²) in [5.74, 6) is 0.334. The summed E-state index contributed by atoms with van der Waals surface area (Å²) in [6.07, 6.45) is 0. The molecule has 3 aromatic carbocycles. The first-order chi connectivity index (χ1) is 12.6. The van der Waals surface area contributed by atoms with E-state index in [2.05, 4.69) is 6.07 Å². The van der Waals surface area contributed by atoms with Crippen LogP contribution in [0.2, 0.25) is 0 Å². The number of nitrogens with one attached hydrogen (secondary N) is 1. The molecule has 5 heteroatoms. The van der Waals surface area contributed by atoms with E-state index < -0.39 is 5.92 Å². The zero-order chi connectivity index (χ0) is 18.3. The predicted octanol–water partition coefficient (Wildman–Crippen LogP) is 4.07. The first kappa shape index (κ1) is 16.0. The fourth-order valence-electron chi connectivity index (χ4n) is 3.55. The first-order valence-electron chi connectivity index (χ1n) is 8.25. The van der Waals surface area contributed by atoms with Crippen molar-refractivity contribution in [3.05, 3.63) is 65.7 Å². The number of fused-ring (bicyclic) bond motifs is 3. The van der Waals surface area contributed by atoms with Gasteiger partial charge in [0.15, 0.2) is 0 Å². The second-order valence-corrected chi connectivity index (χ2v) is 6.25. The zero-order valence-electron chi connectivity index (χ0n) is 14.2. The van der Waals surface area contributed by atoms with Gasteiger partial charge in [-0.05, 0) is 23.8 Å². The number of nitriles is 1. The van der Waals surface area contributed by atoms with Crippen molar-refractivity contribution < 1.29 is 9.47 Å². The van der Waals surface area contributed by atoms with Gasteiger partial charge in [0.1, 0.15) is 17.4 Å². The van der Waals surface area contributed by atoms with E-state index in [1.807, 2.05) is 54.6 Å². The molecule has 26 heavy (non-hydrogen) atoms. The van der Waals surface area contributed by atoms with Gasteiger partial charge in [0.2, 0.25) is 5.90 Å². The van der Waals surface area contributed by atoms with E-state index in [1.54, 1.807) is 7.11 Å². The lowest BCUT2D eigenvalue weighted by atomic mass is 9.78. The number of nitrogen functional groups attached to an aromatic ring is 1. The van der Waals surface area contributed by atoms with Crippen LogP contribution in [-0.4, -0.2) is 13.0 Å². The van der Waals surface area contributed by atoms with Crippen molar-refractivity contribution in [3.8, 4) is 17.6 Å². The minimum atomic E-state index is -0.686. The summed E-state index contributed by atoms with van der Waals surface area (Å²) in [5, 5.41) is 19.7. The van der Waals surface area contributed by atoms with Gasteiger partial charge in [0.05, 0.1) is 13.2 Å². The van der Waals surface area contributed by atoms with Crippen LogP contribution in [0, 0.1) is 22.7 Å². The largest absolute Gasteiger partial charge is 0.497 e. The van der Waals surface area contributed by atoms with Gasteiger partial charge in [-0.2, -0.15) is 5.26 Å². The Labute approximate surface area is 151 Å². The summed E-state index contributed by atoms with van der Waals surface area (Å²) in [6, 6.07) is 19.3. The Morgan fingerprint density at radius 1 is 1.08 bits per heavy atom. The highest BCUT2D eigenvalue weighted by Crippen LogP contribution is 2.46. The number of benzene rings is 3. The lowest BCUT2D eigenvalue weighted by molar-refractivity contribution is 0.414. The Morgan fingerprint density at radius 2 is 1.85 bits per heavy atom. The summed E-state index contributed by atoms with van der Waals surface area (Å²) < 4.78 is 11.0. The summed E-state index contributed by atoms with van der Waals surface area (Å²) in [7, 11) is 1.61. The molecule has 0 radical (unpaired) electrons. The molecule has 0 amide bonds. The number of nitrogens with two attached hydrogens (primary N) is 1. The van der Waals surface area contributed by atoms with E-state index in [0.29, 0.717) is 11.4 Å². The normalized spacial score (nSPS) is 18.7. The summed E-state index contributed by atoms with van der Waals surface area (Å²) in [4.78, 5) is 0. The van der Waals surface area contributed by atoms with Gasteiger partial charge >= 0.3 is 0 Å². The standard InChI is InChI=1S/C21H17N3O2/c1-25-13-7-5-12(6-8-13)19-16-10-9-14-15(3-2-4-18(14)23)20(16)26-21(24)17(19)11-22/h2-10,17,19,24H,23H2,1H3. The van der Waals surface area contributed by atoms with Crippen molar-refractivity contribution in [2.24, 2.45) is 5.92 Å². The molecule has 0 saturated heterocycles.